The topological polar surface area (TPSA) is 78.9 Å². The summed E-state index contributed by atoms with van der Waals surface area (Å²) in [4.78, 5) is 38.4. The van der Waals surface area contributed by atoms with Crippen LogP contribution in [-0.2, 0) is 28.6 Å². The van der Waals surface area contributed by atoms with Gasteiger partial charge in [-0.3, -0.25) is 14.4 Å². The smallest absolute Gasteiger partial charge is 0.306 e. The maximum absolute atomic E-state index is 12.9. The number of carbonyl (C=O) groups excluding carboxylic acids is 3. The van der Waals surface area contributed by atoms with Crippen LogP contribution in [0.15, 0.2) is 146 Å². The summed E-state index contributed by atoms with van der Waals surface area (Å²) in [5.74, 6) is -0.925. The van der Waals surface area contributed by atoms with Crippen LogP contribution in [0, 0.1) is 0 Å². The molecule has 0 aromatic heterocycles. The van der Waals surface area contributed by atoms with E-state index in [4.69, 9.17) is 14.2 Å². The van der Waals surface area contributed by atoms with Crippen molar-refractivity contribution in [3.63, 3.8) is 0 Å². The van der Waals surface area contributed by atoms with Gasteiger partial charge in [0.15, 0.2) is 6.10 Å². The SMILES string of the molecule is CC/C=C\C/C=C\C/C=C\C/C=C\C/C=C\C/C=C\C/C=C\CCCCCCCCCCCC(=O)OCC(COC(=O)CCCCCCC/C=C\C/C=C\CCC)OC(=O)CCCCCCCC/C=C\C/C=C\C/C=C\CCCCCCC. The second-order valence-electron chi connectivity index (χ2n) is 22.3. The summed E-state index contributed by atoms with van der Waals surface area (Å²) in [7, 11) is 0. The van der Waals surface area contributed by atoms with E-state index in [1.165, 1.54) is 96.3 Å². The average molecular weight is 1150 g/mol. The summed E-state index contributed by atoms with van der Waals surface area (Å²) in [6.07, 6.45) is 100. The van der Waals surface area contributed by atoms with Crippen LogP contribution < -0.4 is 0 Å². The van der Waals surface area contributed by atoms with Gasteiger partial charge in [-0.25, -0.2) is 0 Å². The molecule has 1 atom stereocenters. The molecule has 0 spiro atoms. The molecule has 0 aliphatic rings. The first-order valence-electron chi connectivity index (χ1n) is 34.3. The molecule has 6 nitrogen and oxygen atoms in total. The van der Waals surface area contributed by atoms with E-state index in [0.29, 0.717) is 19.3 Å². The van der Waals surface area contributed by atoms with Gasteiger partial charge in [-0.1, -0.05) is 289 Å². The summed E-state index contributed by atoms with van der Waals surface area (Å²) in [6, 6.07) is 0. The van der Waals surface area contributed by atoms with Gasteiger partial charge in [0.25, 0.3) is 0 Å². The summed E-state index contributed by atoms with van der Waals surface area (Å²) < 4.78 is 16.9. The molecule has 6 heteroatoms. The van der Waals surface area contributed by atoms with Crippen LogP contribution in [0.1, 0.15) is 303 Å². The Morgan fingerprint density at radius 1 is 0.253 bits per heavy atom. The van der Waals surface area contributed by atoms with E-state index in [9.17, 15) is 14.4 Å². The van der Waals surface area contributed by atoms with Crippen LogP contribution in [0.5, 0.6) is 0 Å². The highest BCUT2D eigenvalue weighted by atomic mass is 16.6. The highest BCUT2D eigenvalue weighted by molar-refractivity contribution is 5.71. The van der Waals surface area contributed by atoms with E-state index < -0.39 is 6.10 Å². The molecule has 0 saturated carbocycles. The maximum Gasteiger partial charge on any atom is 0.306 e. The van der Waals surface area contributed by atoms with E-state index in [0.717, 1.165) is 167 Å². The molecule has 0 N–H and O–H groups in total. The van der Waals surface area contributed by atoms with Crippen LogP contribution >= 0.6 is 0 Å². The third-order valence-corrected chi connectivity index (χ3v) is 14.3. The van der Waals surface area contributed by atoms with E-state index in [2.05, 4.69) is 167 Å². The minimum absolute atomic E-state index is 0.0953. The molecule has 0 aliphatic carbocycles. The van der Waals surface area contributed by atoms with E-state index in [1.807, 2.05) is 0 Å². The zero-order chi connectivity index (χ0) is 59.9. The molecule has 0 radical (unpaired) electrons. The van der Waals surface area contributed by atoms with E-state index >= 15 is 0 Å². The van der Waals surface area contributed by atoms with Gasteiger partial charge < -0.3 is 14.2 Å². The first-order valence-corrected chi connectivity index (χ1v) is 34.3. The Labute approximate surface area is 512 Å². The molecule has 0 aromatic carbocycles. The summed E-state index contributed by atoms with van der Waals surface area (Å²) in [6.45, 7) is 6.43. The van der Waals surface area contributed by atoms with Crippen LogP contribution in [-0.4, -0.2) is 37.2 Å². The van der Waals surface area contributed by atoms with Crippen molar-refractivity contribution < 1.29 is 28.6 Å². The van der Waals surface area contributed by atoms with Gasteiger partial charge in [0.05, 0.1) is 0 Å². The molecule has 0 amide bonds. The standard InChI is InChI=1S/C77H126O6/c1-4-7-10-13-16-19-22-25-27-29-31-33-34-35-36-37-38-39-40-41-42-44-45-47-49-52-55-58-61-64-67-70-76(79)82-73-74(72-81-75(78)69-66-63-60-57-54-51-24-21-18-15-12-9-6-3)83-77(80)71-68-65-62-59-56-53-50-48-46-43-32-30-28-26-23-20-17-14-11-8-5-2/h7,10,12,15-16,19,21,23-27,30-33,35-36,38-39,41-42,46,48,74H,4-6,8-9,11,13-14,17-18,20,22,28-29,34,37,40,43-45,47,49-73H2,1-3H3/b10-7-,15-12-,19-16-,24-21-,26-23-,27-25-,32-30-,33-31-,36-35-,39-38-,42-41-,48-46-. The predicted octanol–water partition coefficient (Wildman–Crippen LogP) is 23.9. The van der Waals surface area contributed by atoms with Crippen molar-refractivity contribution >= 4 is 17.9 Å². The van der Waals surface area contributed by atoms with Gasteiger partial charge >= 0.3 is 17.9 Å². The first-order chi connectivity index (χ1) is 41.0. The fourth-order valence-corrected chi connectivity index (χ4v) is 9.17. The van der Waals surface area contributed by atoms with Gasteiger partial charge in [-0.05, 0) is 141 Å². The van der Waals surface area contributed by atoms with Crippen LogP contribution in [0.2, 0.25) is 0 Å². The Balaban J connectivity index is 4.35. The Morgan fingerprint density at radius 2 is 0.494 bits per heavy atom. The highest BCUT2D eigenvalue weighted by Gasteiger charge is 2.19. The minimum atomic E-state index is -0.801. The van der Waals surface area contributed by atoms with Crippen molar-refractivity contribution in [1.29, 1.82) is 0 Å². The van der Waals surface area contributed by atoms with Gasteiger partial charge in [-0.2, -0.15) is 0 Å². The molecule has 0 rings (SSSR count). The third kappa shape index (κ3) is 68.0. The number of allylic oxidation sites excluding steroid dienone is 24. The van der Waals surface area contributed by atoms with Crippen molar-refractivity contribution in [3.05, 3.63) is 146 Å². The number of hydrogen-bond acceptors (Lipinski definition) is 6. The number of hydrogen-bond donors (Lipinski definition) is 0. The second-order valence-corrected chi connectivity index (χ2v) is 22.3. The normalized spacial score (nSPS) is 13.0. The summed E-state index contributed by atoms with van der Waals surface area (Å²) in [5.41, 5.74) is 0. The molecule has 0 aromatic rings. The lowest BCUT2D eigenvalue weighted by Crippen LogP contribution is -2.30. The Hall–Kier alpha value is -4.71. The minimum Gasteiger partial charge on any atom is -0.462 e. The molecular weight excluding hydrogens is 1020 g/mol. The molecule has 0 bridgehead atoms. The maximum atomic E-state index is 12.9. The summed E-state index contributed by atoms with van der Waals surface area (Å²) in [5, 5.41) is 0. The van der Waals surface area contributed by atoms with Crippen molar-refractivity contribution in [3.8, 4) is 0 Å². The molecule has 0 heterocycles. The fourth-order valence-electron chi connectivity index (χ4n) is 9.17. The zero-order valence-corrected chi connectivity index (χ0v) is 53.9. The zero-order valence-electron chi connectivity index (χ0n) is 53.9. The summed E-state index contributed by atoms with van der Waals surface area (Å²) >= 11 is 0. The average Bonchev–Trinajstić information content (AvgIpc) is 3.49. The number of carbonyl (C=O) groups is 3. The van der Waals surface area contributed by atoms with Crippen molar-refractivity contribution in [1.82, 2.24) is 0 Å². The van der Waals surface area contributed by atoms with Crippen LogP contribution in [0.4, 0.5) is 0 Å². The van der Waals surface area contributed by atoms with Gasteiger partial charge in [0.1, 0.15) is 13.2 Å². The lowest BCUT2D eigenvalue weighted by Gasteiger charge is -2.18. The quantitative estimate of drug-likeness (QED) is 0.0261. The number of unbranched alkanes of at least 4 members (excludes halogenated alkanes) is 26. The fraction of sp³-hybridized carbons (Fsp3) is 0.649. The third-order valence-electron chi connectivity index (χ3n) is 14.3. The number of esters is 3. The van der Waals surface area contributed by atoms with Crippen LogP contribution in [0.3, 0.4) is 0 Å². The molecular formula is C77H126O6. The van der Waals surface area contributed by atoms with Gasteiger partial charge in [-0.15, -0.1) is 0 Å². The first kappa shape index (κ1) is 78.3. The van der Waals surface area contributed by atoms with E-state index in [-0.39, 0.29) is 31.1 Å². The van der Waals surface area contributed by atoms with Crippen molar-refractivity contribution in [2.45, 2.75) is 309 Å². The Bertz CT molecular complexity index is 1800. The molecule has 1 unspecified atom stereocenters. The van der Waals surface area contributed by atoms with E-state index in [1.54, 1.807) is 0 Å². The lowest BCUT2D eigenvalue weighted by molar-refractivity contribution is -0.167. The lowest BCUT2D eigenvalue weighted by atomic mass is 10.1. The van der Waals surface area contributed by atoms with Crippen LogP contribution in [0.25, 0.3) is 0 Å². The molecule has 0 fully saturated rings. The number of rotatable bonds is 61. The monoisotopic (exact) mass is 1150 g/mol. The largest absolute Gasteiger partial charge is 0.462 e. The Kier molecular flexibility index (Phi) is 65.8. The Morgan fingerprint density at radius 3 is 0.783 bits per heavy atom. The number of ether oxygens (including phenoxy) is 3. The van der Waals surface area contributed by atoms with Crippen molar-refractivity contribution in [2.24, 2.45) is 0 Å². The van der Waals surface area contributed by atoms with Gasteiger partial charge in [0.2, 0.25) is 0 Å². The van der Waals surface area contributed by atoms with Crippen molar-refractivity contribution in [2.75, 3.05) is 13.2 Å². The predicted molar refractivity (Wildman–Crippen MR) is 362 cm³/mol. The molecule has 83 heavy (non-hydrogen) atoms. The second kappa shape index (κ2) is 69.8. The highest BCUT2D eigenvalue weighted by Crippen LogP contribution is 2.15. The molecule has 0 aliphatic heterocycles. The molecule has 470 valence electrons. The molecule has 0 saturated heterocycles. The van der Waals surface area contributed by atoms with Gasteiger partial charge in [0, 0.05) is 19.3 Å².